The van der Waals surface area contributed by atoms with Crippen LogP contribution in [-0.4, -0.2) is 0 Å². The van der Waals surface area contributed by atoms with Crippen LogP contribution in [0.15, 0.2) is 18.2 Å². The summed E-state index contributed by atoms with van der Waals surface area (Å²) in [5, 5.41) is 0. The molecule has 0 amide bonds. The zero-order chi connectivity index (χ0) is 12.8. The lowest BCUT2D eigenvalue weighted by atomic mass is 9.79. The van der Waals surface area contributed by atoms with Gasteiger partial charge in [0.2, 0.25) is 0 Å². The molecular formula is C16H25N. The number of hydrogen-bond donors (Lipinski definition) is 1. The lowest BCUT2D eigenvalue weighted by molar-refractivity contribution is 0.481. The predicted octanol–water partition coefficient (Wildman–Crippen LogP) is 4.06. The third-order valence-corrected chi connectivity index (χ3v) is 4.58. The van der Waals surface area contributed by atoms with E-state index in [0.29, 0.717) is 0 Å². The molecule has 1 aromatic carbocycles. The van der Waals surface area contributed by atoms with Crippen LogP contribution in [0.3, 0.4) is 0 Å². The van der Waals surface area contributed by atoms with Gasteiger partial charge < -0.3 is 5.73 Å². The van der Waals surface area contributed by atoms with Crippen LogP contribution >= 0.6 is 0 Å². The van der Waals surface area contributed by atoms with Gasteiger partial charge in [0.25, 0.3) is 0 Å². The molecule has 1 aliphatic rings. The first-order valence-corrected chi connectivity index (χ1v) is 6.68. The van der Waals surface area contributed by atoms with Crippen LogP contribution in [0.2, 0.25) is 0 Å². The van der Waals surface area contributed by atoms with Crippen molar-refractivity contribution >= 4 is 0 Å². The number of benzene rings is 1. The molecule has 1 heteroatoms. The topological polar surface area (TPSA) is 26.0 Å². The van der Waals surface area contributed by atoms with Crippen molar-refractivity contribution in [1.29, 1.82) is 0 Å². The van der Waals surface area contributed by atoms with E-state index in [9.17, 15) is 0 Å². The summed E-state index contributed by atoms with van der Waals surface area (Å²) in [5.74, 6) is 0. The van der Waals surface area contributed by atoms with Crippen molar-refractivity contribution in [1.82, 2.24) is 0 Å². The second-order valence-electron chi connectivity index (χ2n) is 6.73. The van der Waals surface area contributed by atoms with Crippen molar-refractivity contribution in [3.8, 4) is 0 Å². The SMILES string of the molecule is CCC(C)(C)c1ccc2c(c1)C(N)CC2(C)C. The van der Waals surface area contributed by atoms with Crippen LogP contribution in [0.1, 0.15) is 70.2 Å². The molecule has 0 saturated heterocycles. The lowest BCUT2D eigenvalue weighted by Gasteiger charge is -2.25. The van der Waals surface area contributed by atoms with E-state index in [2.05, 4.69) is 52.8 Å². The average molecular weight is 231 g/mol. The Morgan fingerprint density at radius 3 is 2.59 bits per heavy atom. The van der Waals surface area contributed by atoms with Crippen LogP contribution in [0.5, 0.6) is 0 Å². The van der Waals surface area contributed by atoms with Gasteiger partial charge in [0.15, 0.2) is 0 Å². The molecule has 1 atom stereocenters. The summed E-state index contributed by atoms with van der Waals surface area (Å²) in [6, 6.07) is 7.16. The molecule has 94 valence electrons. The van der Waals surface area contributed by atoms with E-state index < -0.39 is 0 Å². The standard InChI is InChI=1S/C16H25N/c1-6-15(2,3)11-7-8-13-12(9-11)14(17)10-16(13,4)5/h7-9,14H,6,10,17H2,1-5H3. The van der Waals surface area contributed by atoms with Crippen molar-refractivity contribution in [3.05, 3.63) is 34.9 Å². The quantitative estimate of drug-likeness (QED) is 0.816. The molecule has 0 spiro atoms. The van der Waals surface area contributed by atoms with E-state index in [1.165, 1.54) is 16.7 Å². The first-order valence-electron chi connectivity index (χ1n) is 6.68. The molecule has 0 aliphatic heterocycles. The van der Waals surface area contributed by atoms with Gasteiger partial charge in [0.1, 0.15) is 0 Å². The summed E-state index contributed by atoms with van der Waals surface area (Å²) < 4.78 is 0. The highest BCUT2D eigenvalue weighted by atomic mass is 14.7. The molecular weight excluding hydrogens is 206 g/mol. The number of rotatable bonds is 2. The second kappa shape index (κ2) is 3.84. The minimum Gasteiger partial charge on any atom is -0.324 e. The van der Waals surface area contributed by atoms with Gasteiger partial charge in [0, 0.05) is 6.04 Å². The molecule has 2 N–H and O–H groups in total. The van der Waals surface area contributed by atoms with Gasteiger partial charge in [-0.15, -0.1) is 0 Å². The van der Waals surface area contributed by atoms with Gasteiger partial charge in [-0.05, 0) is 40.4 Å². The zero-order valence-electron chi connectivity index (χ0n) is 11.8. The summed E-state index contributed by atoms with van der Waals surface area (Å²) in [6.07, 6.45) is 2.22. The third kappa shape index (κ3) is 2.01. The highest BCUT2D eigenvalue weighted by Crippen LogP contribution is 2.44. The third-order valence-electron chi connectivity index (χ3n) is 4.58. The van der Waals surface area contributed by atoms with Crippen LogP contribution < -0.4 is 5.73 Å². The molecule has 0 aromatic heterocycles. The Kier molecular flexibility index (Phi) is 2.86. The van der Waals surface area contributed by atoms with Crippen molar-refractivity contribution in [2.24, 2.45) is 5.73 Å². The summed E-state index contributed by atoms with van der Waals surface area (Å²) in [6.45, 7) is 11.4. The zero-order valence-corrected chi connectivity index (χ0v) is 11.8. The maximum atomic E-state index is 6.28. The molecule has 1 unspecified atom stereocenters. The molecule has 17 heavy (non-hydrogen) atoms. The largest absolute Gasteiger partial charge is 0.324 e. The highest BCUT2D eigenvalue weighted by Gasteiger charge is 2.35. The Hall–Kier alpha value is -0.820. The Bertz CT molecular complexity index is 429. The predicted molar refractivity (Wildman–Crippen MR) is 74.3 cm³/mol. The van der Waals surface area contributed by atoms with Crippen LogP contribution in [0.25, 0.3) is 0 Å². The molecule has 2 rings (SSSR count). The number of fused-ring (bicyclic) bond motifs is 1. The molecule has 0 saturated carbocycles. The molecule has 0 fully saturated rings. The fourth-order valence-electron chi connectivity index (χ4n) is 2.88. The average Bonchev–Trinajstić information content (AvgIpc) is 2.49. The Morgan fingerprint density at radius 2 is 2.00 bits per heavy atom. The fraction of sp³-hybridized carbons (Fsp3) is 0.625. The van der Waals surface area contributed by atoms with E-state index in [0.717, 1.165) is 12.8 Å². The monoisotopic (exact) mass is 231 g/mol. The summed E-state index contributed by atoms with van der Waals surface area (Å²) >= 11 is 0. The molecule has 0 radical (unpaired) electrons. The van der Waals surface area contributed by atoms with E-state index in [1.807, 2.05) is 0 Å². The molecule has 0 heterocycles. The Morgan fingerprint density at radius 1 is 1.35 bits per heavy atom. The van der Waals surface area contributed by atoms with Crippen molar-refractivity contribution in [2.75, 3.05) is 0 Å². The molecule has 1 aromatic rings. The molecule has 0 bridgehead atoms. The van der Waals surface area contributed by atoms with Gasteiger partial charge in [-0.25, -0.2) is 0 Å². The Labute approximate surface area is 105 Å². The summed E-state index contributed by atoms with van der Waals surface area (Å²) in [4.78, 5) is 0. The molecule has 1 nitrogen and oxygen atoms in total. The molecule has 1 aliphatic carbocycles. The van der Waals surface area contributed by atoms with Gasteiger partial charge in [0.05, 0.1) is 0 Å². The first-order chi connectivity index (χ1) is 7.78. The first kappa shape index (κ1) is 12.6. The normalized spacial score (nSPS) is 22.6. The van der Waals surface area contributed by atoms with Crippen LogP contribution in [-0.2, 0) is 10.8 Å². The summed E-state index contributed by atoms with van der Waals surface area (Å²) in [7, 11) is 0. The van der Waals surface area contributed by atoms with Gasteiger partial charge >= 0.3 is 0 Å². The number of nitrogens with two attached hydrogens (primary N) is 1. The maximum absolute atomic E-state index is 6.28. The van der Waals surface area contributed by atoms with Gasteiger partial charge in [-0.2, -0.15) is 0 Å². The van der Waals surface area contributed by atoms with E-state index >= 15 is 0 Å². The number of hydrogen-bond acceptors (Lipinski definition) is 1. The fourth-order valence-corrected chi connectivity index (χ4v) is 2.88. The van der Waals surface area contributed by atoms with E-state index in [4.69, 9.17) is 5.73 Å². The van der Waals surface area contributed by atoms with Crippen LogP contribution in [0, 0.1) is 0 Å². The van der Waals surface area contributed by atoms with Crippen molar-refractivity contribution < 1.29 is 0 Å². The van der Waals surface area contributed by atoms with E-state index in [1.54, 1.807) is 0 Å². The lowest BCUT2D eigenvalue weighted by Crippen LogP contribution is -2.17. The highest BCUT2D eigenvalue weighted by molar-refractivity contribution is 5.45. The van der Waals surface area contributed by atoms with Gasteiger partial charge in [-0.3, -0.25) is 0 Å². The minimum atomic E-state index is 0.215. The van der Waals surface area contributed by atoms with Crippen LogP contribution in [0.4, 0.5) is 0 Å². The second-order valence-corrected chi connectivity index (χ2v) is 6.73. The minimum absolute atomic E-state index is 0.215. The Balaban J connectivity index is 2.50. The van der Waals surface area contributed by atoms with Gasteiger partial charge in [-0.1, -0.05) is 52.8 Å². The smallest absolute Gasteiger partial charge is 0.0306 e. The summed E-state index contributed by atoms with van der Waals surface area (Å²) in [5.41, 5.74) is 11.0. The maximum Gasteiger partial charge on any atom is 0.0306 e. The van der Waals surface area contributed by atoms with Crippen molar-refractivity contribution in [2.45, 2.75) is 64.3 Å². The van der Waals surface area contributed by atoms with E-state index in [-0.39, 0.29) is 16.9 Å². The van der Waals surface area contributed by atoms with Crippen molar-refractivity contribution in [3.63, 3.8) is 0 Å².